The molecule has 0 fully saturated rings. The molecule has 0 saturated carbocycles. The molecule has 0 saturated heterocycles. The number of halogens is 1. The van der Waals surface area contributed by atoms with Gasteiger partial charge in [0.15, 0.2) is 0 Å². The highest BCUT2D eigenvalue weighted by molar-refractivity contribution is 5.81. The van der Waals surface area contributed by atoms with E-state index in [1.165, 1.54) is 11.0 Å². The van der Waals surface area contributed by atoms with Gasteiger partial charge < -0.3 is 14.9 Å². The Kier molecular flexibility index (Phi) is 5.30. The zero-order chi connectivity index (χ0) is 14.6. The van der Waals surface area contributed by atoms with Crippen molar-refractivity contribution in [2.24, 2.45) is 0 Å². The number of hydrogen-bond donors (Lipinski definition) is 1. The lowest BCUT2D eigenvalue weighted by Gasteiger charge is -2.27. The molecule has 19 heavy (non-hydrogen) atoms. The van der Waals surface area contributed by atoms with Crippen LogP contribution < -0.4 is 4.90 Å². The van der Waals surface area contributed by atoms with Gasteiger partial charge in [0, 0.05) is 26.2 Å². The largest absolute Gasteiger partial charge is 0.389 e. The van der Waals surface area contributed by atoms with Gasteiger partial charge in [-0.2, -0.15) is 0 Å². The predicted octanol–water partition coefficient (Wildman–Crippen LogP) is 1.79. The van der Waals surface area contributed by atoms with Crippen LogP contribution in [0.1, 0.15) is 25.5 Å². The van der Waals surface area contributed by atoms with E-state index in [-0.39, 0.29) is 12.5 Å². The third-order valence-electron chi connectivity index (χ3n) is 2.99. The highest BCUT2D eigenvalue weighted by atomic mass is 19.1. The summed E-state index contributed by atoms with van der Waals surface area (Å²) in [6.07, 6.45) is -0.783. The number of nitrogens with zero attached hydrogens (tertiary/aromatic N) is 2. The molecule has 0 aromatic heterocycles. The molecule has 106 valence electrons. The first-order valence-electron chi connectivity index (χ1n) is 6.30. The van der Waals surface area contributed by atoms with E-state index in [1.54, 1.807) is 38.1 Å². The summed E-state index contributed by atoms with van der Waals surface area (Å²) in [5.74, 6) is -0.534. The number of carbonyl (C=O) groups excluding carboxylic acids is 1. The standard InChI is InChI=1S/C14H21FN2O2/c1-5-17(9-13(19)16(3)4)14-11(10(2)18)7-6-8-12(14)15/h6-8,10,18H,5,9H2,1-4H3. The smallest absolute Gasteiger partial charge is 0.241 e. The van der Waals surface area contributed by atoms with Crippen LogP contribution in [-0.2, 0) is 4.79 Å². The van der Waals surface area contributed by atoms with Crippen molar-refractivity contribution in [3.63, 3.8) is 0 Å². The Balaban J connectivity index is 3.14. The van der Waals surface area contributed by atoms with Crippen molar-refractivity contribution in [1.29, 1.82) is 0 Å². The first kappa shape index (κ1) is 15.4. The summed E-state index contributed by atoms with van der Waals surface area (Å²) in [6, 6.07) is 4.57. The number of rotatable bonds is 5. The molecule has 0 aliphatic heterocycles. The third-order valence-corrected chi connectivity index (χ3v) is 2.99. The maximum absolute atomic E-state index is 14.0. The predicted molar refractivity (Wildman–Crippen MR) is 73.6 cm³/mol. The number of aliphatic hydroxyl groups is 1. The van der Waals surface area contributed by atoms with Crippen LogP contribution in [0.5, 0.6) is 0 Å². The molecule has 5 heteroatoms. The topological polar surface area (TPSA) is 43.8 Å². The highest BCUT2D eigenvalue weighted by Crippen LogP contribution is 2.29. The van der Waals surface area contributed by atoms with Crippen LogP contribution >= 0.6 is 0 Å². The van der Waals surface area contributed by atoms with Crippen LogP contribution in [-0.4, -0.2) is 43.1 Å². The Labute approximate surface area is 113 Å². The van der Waals surface area contributed by atoms with Gasteiger partial charge in [0.1, 0.15) is 5.82 Å². The molecule has 0 radical (unpaired) electrons. The summed E-state index contributed by atoms with van der Waals surface area (Å²) in [6.45, 7) is 4.01. The monoisotopic (exact) mass is 268 g/mol. The van der Waals surface area contributed by atoms with Crippen molar-refractivity contribution < 1.29 is 14.3 Å². The molecular weight excluding hydrogens is 247 g/mol. The van der Waals surface area contributed by atoms with Crippen molar-refractivity contribution in [2.75, 3.05) is 32.1 Å². The number of anilines is 1. The molecular formula is C14H21FN2O2. The number of aliphatic hydroxyl groups excluding tert-OH is 1. The molecule has 1 N–H and O–H groups in total. The number of carbonyl (C=O) groups is 1. The third kappa shape index (κ3) is 3.67. The Bertz CT molecular complexity index is 447. The molecule has 0 aliphatic carbocycles. The fraction of sp³-hybridized carbons (Fsp3) is 0.500. The summed E-state index contributed by atoms with van der Waals surface area (Å²) in [5, 5.41) is 9.73. The first-order chi connectivity index (χ1) is 8.88. The minimum Gasteiger partial charge on any atom is -0.389 e. The van der Waals surface area contributed by atoms with E-state index in [2.05, 4.69) is 0 Å². The van der Waals surface area contributed by atoms with Gasteiger partial charge in [-0.25, -0.2) is 4.39 Å². The van der Waals surface area contributed by atoms with Crippen LogP contribution in [0.4, 0.5) is 10.1 Å². The molecule has 1 aromatic rings. The van der Waals surface area contributed by atoms with E-state index in [0.29, 0.717) is 17.8 Å². The summed E-state index contributed by atoms with van der Waals surface area (Å²) >= 11 is 0. The molecule has 1 rings (SSSR count). The quantitative estimate of drug-likeness (QED) is 0.885. The number of likely N-dealkylation sites (N-methyl/N-ethyl adjacent to an activating group) is 2. The van der Waals surface area contributed by atoms with E-state index < -0.39 is 11.9 Å². The zero-order valence-corrected chi connectivity index (χ0v) is 11.9. The second kappa shape index (κ2) is 6.52. The van der Waals surface area contributed by atoms with Crippen LogP contribution in [0.25, 0.3) is 0 Å². The number of benzene rings is 1. The SMILES string of the molecule is CCN(CC(=O)N(C)C)c1c(F)cccc1C(C)O. The van der Waals surface area contributed by atoms with Crippen molar-refractivity contribution in [2.45, 2.75) is 20.0 Å². The van der Waals surface area contributed by atoms with E-state index in [4.69, 9.17) is 0 Å². The molecule has 1 atom stereocenters. The minimum absolute atomic E-state index is 0.0875. The molecule has 4 nitrogen and oxygen atoms in total. The van der Waals surface area contributed by atoms with Gasteiger partial charge in [0.05, 0.1) is 18.3 Å². The van der Waals surface area contributed by atoms with Gasteiger partial charge in [-0.1, -0.05) is 12.1 Å². The summed E-state index contributed by atoms with van der Waals surface area (Å²) in [7, 11) is 3.32. The van der Waals surface area contributed by atoms with Gasteiger partial charge in [-0.05, 0) is 19.9 Å². The first-order valence-corrected chi connectivity index (χ1v) is 6.30. The van der Waals surface area contributed by atoms with Crippen LogP contribution in [0.2, 0.25) is 0 Å². The molecule has 1 amide bonds. The van der Waals surface area contributed by atoms with E-state index >= 15 is 0 Å². The Morgan fingerprint density at radius 2 is 2.05 bits per heavy atom. The average molecular weight is 268 g/mol. The van der Waals surface area contributed by atoms with Crippen molar-refractivity contribution >= 4 is 11.6 Å². The molecule has 0 spiro atoms. The molecule has 1 unspecified atom stereocenters. The van der Waals surface area contributed by atoms with Crippen LogP contribution in [0.15, 0.2) is 18.2 Å². The highest BCUT2D eigenvalue weighted by Gasteiger charge is 2.20. The lowest BCUT2D eigenvalue weighted by atomic mass is 10.1. The normalized spacial score (nSPS) is 12.1. The lowest BCUT2D eigenvalue weighted by Crippen LogP contribution is -2.37. The Morgan fingerprint density at radius 1 is 1.42 bits per heavy atom. The van der Waals surface area contributed by atoms with Crippen molar-refractivity contribution in [1.82, 2.24) is 4.90 Å². The summed E-state index contributed by atoms with van der Waals surface area (Å²) in [5.41, 5.74) is 0.795. The Morgan fingerprint density at radius 3 is 2.53 bits per heavy atom. The average Bonchev–Trinajstić information content (AvgIpc) is 2.35. The van der Waals surface area contributed by atoms with Crippen molar-refractivity contribution in [3.05, 3.63) is 29.6 Å². The lowest BCUT2D eigenvalue weighted by molar-refractivity contribution is -0.127. The Hall–Kier alpha value is -1.62. The van der Waals surface area contributed by atoms with Crippen LogP contribution in [0.3, 0.4) is 0 Å². The summed E-state index contributed by atoms with van der Waals surface area (Å²) in [4.78, 5) is 14.9. The summed E-state index contributed by atoms with van der Waals surface area (Å²) < 4.78 is 14.0. The fourth-order valence-corrected chi connectivity index (χ4v) is 1.86. The second-order valence-corrected chi connectivity index (χ2v) is 4.66. The van der Waals surface area contributed by atoms with E-state index in [0.717, 1.165) is 0 Å². The van der Waals surface area contributed by atoms with Gasteiger partial charge >= 0.3 is 0 Å². The number of hydrogen-bond acceptors (Lipinski definition) is 3. The fourth-order valence-electron chi connectivity index (χ4n) is 1.86. The molecule has 0 heterocycles. The number of para-hydroxylation sites is 1. The molecule has 0 aliphatic rings. The van der Waals surface area contributed by atoms with Gasteiger partial charge in [0.2, 0.25) is 5.91 Å². The van der Waals surface area contributed by atoms with Gasteiger partial charge in [0.25, 0.3) is 0 Å². The van der Waals surface area contributed by atoms with Crippen LogP contribution in [0, 0.1) is 5.82 Å². The number of amides is 1. The van der Waals surface area contributed by atoms with E-state index in [1.807, 2.05) is 6.92 Å². The van der Waals surface area contributed by atoms with Gasteiger partial charge in [-0.15, -0.1) is 0 Å². The second-order valence-electron chi connectivity index (χ2n) is 4.66. The van der Waals surface area contributed by atoms with Gasteiger partial charge in [-0.3, -0.25) is 4.79 Å². The molecule has 0 bridgehead atoms. The van der Waals surface area contributed by atoms with Crippen molar-refractivity contribution in [3.8, 4) is 0 Å². The molecule has 1 aromatic carbocycles. The van der Waals surface area contributed by atoms with E-state index in [9.17, 15) is 14.3 Å². The zero-order valence-electron chi connectivity index (χ0n) is 11.9. The maximum Gasteiger partial charge on any atom is 0.241 e. The maximum atomic E-state index is 14.0. The minimum atomic E-state index is -0.783.